The van der Waals surface area contributed by atoms with Crippen molar-refractivity contribution < 1.29 is 14.5 Å². The highest BCUT2D eigenvalue weighted by Gasteiger charge is 2.31. The molecule has 0 saturated carbocycles. The number of amides is 2. The Bertz CT molecular complexity index is 511. The summed E-state index contributed by atoms with van der Waals surface area (Å²) in [6.45, 7) is 5.28. The molecule has 0 aromatic heterocycles. The molecule has 4 N–H and O–H groups in total. The van der Waals surface area contributed by atoms with Crippen molar-refractivity contribution in [2.24, 2.45) is 10.9 Å². The summed E-state index contributed by atoms with van der Waals surface area (Å²) in [6.07, 6.45) is 1.40. The van der Waals surface area contributed by atoms with Gasteiger partial charge in [0.1, 0.15) is 0 Å². The van der Waals surface area contributed by atoms with Crippen LogP contribution in [-0.2, 0) is 9.59 Å². The number of aliphatic imine (C=N–C) groups is 1. The quantitative estimate of drug-likeness (QED) is 0.242. The van der Waals surface area contributed by atoms with E-state index in [1.807, 2.05) is 7.05 Å². The van der Waals surface area contributed by atoms with Gasteiger partial charge in [0.15, 0.2) is 16.1 Å². The SMILES string of the molecule is CNC(=S)N1CC[NH+](CCN=CC2C(=O)NC(=S)NC2=O)CC1. The van der Waals surface area contributed by atoms with Crippen LogP contribution in [0.3, 0.4) is 0 Å². The second-order valence-electron chi connectivity index (χ2n) is 5.38. The van der Waals surface area contributed by atoms with Crippen LogP contribution in [0.15, 0.2) is 4.99 Å². The number of carbonyl (C=O) groups is 2. The molecule has 8 nitrogen and oxygen atoms in total. The molecule has 2 rings (SSSR count). The fraction of sp³-hybridized carbons (Fsp3) is 0.615. The van der Waals surface area contributed by atoms with E-state index in [9.17, 15) is 9.59 Å². The van der Waals surface area contributed by atoms with Crippen molar-refractivity contribution in [1.82, 2.24) is 20.9 Å². The number of piperazine rings is 1. The van der Waals surface area contributed by atoms with Gasteiger partial charge in [0.05, 0.1) is 39.3 Å². The Kier molecular flexibility index (Phi) is 6.37. The van der Waals surface area contributed by atoms with Gasteiger partial charge in [0.25, 0.3) is 0 Å². The average Bonchev–Trinajstić information content (AvgIpc) is 2.53. The molecular weight excluding hydrogens is 336 g/mol. The van der Waals surface area contributed by atoms with Gasteiger partial charge in [-0.2, -0.15) is 0 Å². The van der Waals surface area contributed by atoms with E-state index in [1.165, 1.54) is 11.1 Å². The van der Waals surface area contributed by atoms with Crippen molar-refractivity contribution in [1.29, 1.82) is 0 Å². The highest BCUT2D eigenvalue weighted by Crippen LogP contribution is 1.98. The number of nitrogens with one attached hydrogen (secondary N) is 4. The molecule has 0 aliphatic carbocycles. The first kappa shape index (κ1) is 17.7. The fourth-order valence-corrected chi connectivity index (χ4v) is 2.89. The first-order valence-corrected chi connectivity index (χ1v) is 8.28. The van der Waals surface area contributed by atoms with E-state index in [-0.39, 0.29) is 5.11 Å². The molecule has 0 atom stereocenters. The van der Waals surface area contributed by atoms with E-state index in [4.69, 9.17) is 24.4 Å². The number of thiocarbonyl (C=S) groups is 2. The Labute approximate surface area is 145 Å². The summed E-state index contributed by atoms with van der Waals surface area (Å²) in [5.41, 5.74) is 0. The zero-order valence-electron chi connectivity index (χ0n) is 12.9. The first-order valence-electron chi connectivity index (χ1n) is 7.47. The average molecular weight is 357 g/mol. The van der Waals surface area contributed by atoms with Crippen molar-refractivity contribution in [2.45, 2.75) is 0 Å². The molecule has 0 radical (unpaired) electrons. The van der Waals surface area contributed by atoms with Gasteiger partial charge in [-0.3, -0.25) is 14.6 Å². The topological polar surface area (TPSA) is 90.3 Å². The Morgan fingerprint density at radius 3 is 2.57 bits per heavy atom. The molecule has 126 valence electrons. The molecule has 2 saturated heterocycles. The van der Waals surface area contributed by atoms with Gasteiger partial charge in [0.2, 0.25) is 11.8 Å². The summed E-state index contributed by atoms with van der Waals surface area (Å²) in [6, 6.07) is 0. The molecule has 23 heavy (non-hydrogen) atoms. The highest BCUT2D eigenvalue weighted by atomic mass is 32.1. The molecule has 2 amide bonds. The van der Waals surface area contributed by atoms with Crippen LogP contribution in [0, 0.1) is 5.92 Å². The Hall–Kier alpha value is -1.65. The van der Waals surface area contributed by atoms with E-state index >= 15 is 0 Å². The van der Waals surface area contributed by atoms with E-state index in [0.717, 1.165) is 37.8 Å². The highest BCUT2D eigenvalue weighted by molar-refractivity contribution is 7.80. The van der Waals surface area contributed by atoms with E-state index in [0.29, 0.717) is 6.54 Å². The third-order valence-electron chi connectivity index (χ3n) is 3.86. The van der Waals surface area contributed by atoms with Crippen molar-refractivity contribution in [3.8, 4) is 0 Å². The van der Waals surface area contributed by atoms with Gasteiger partial charge >= 0.3 is 0 Å². The lowest BCUT2D eigenvalue weighted by molar-refractivity contribution is -0.902. The minimum atomic E-state index is -0.901. The summed E-state index contributed by atoms with van der Waals surface area (Å²) in [5, 5.41) is 8.65. The molecule has 2 aliphatic heterocycles. The Balaban J connectivity index is 1.71. The third kappa shape index (κ3) is 4.91. The van der Waals surface area contributed by atoms with Gasteiger partial charge in [-0.25, -0.2) is 0 Å². The van der Waals surface area contributed by atoms with Crippen LogP contribution < -0.4 is 20.9 Å². The Morgan fingerprint density at radius 2 is 2.00 bits per heavy atom. The minimum absolute atomic E-state index is 0.0476. The second kappa shape index (κ2) is 8.27. The largest absolute Gasteiger partial charge is 0.366 e. The summed E-state index contributed by atoms with van der Waals surface area (Å²) < 4.78 is 0. The lowest BCUT2D eigenvalue weighted by atomic mass is 10.1. The molecule has 0 aromatic carbocycles. The van der Waals surface area contributed by atoms with Crippen LogP contribution in [0.2, 0.25) is 0 Å². The zero-order chi connectivity index (χ0) is 16.8. The number of hydrogen-bond donors (Lipinski definition) is 4. The Morgan fingerprint density at radius 1 is 1.39 bits per heavy atom. The lowest BCUT2D eigenvalue weighted by Gasteiger charge is -2.33. The summed E-state index contributed by atoms with van der Waals surface area (Å²) in [7, 11) is 1.83. The maximum absolute atomic E-state index is 11.7. The van der Waals surface area contributed by atoms with Crippen molar-refractivity contribution in [3.05, 3.63) is 0 Å². The van der Waals surface area contributed by atoms with Gasteiger partial charge in [-0.1, -0.05) is 0 Å². The molecule has 10 heteroatoms. The van der Waals surface area contributed by atoms with Gasteiger partial charge < -0.3 is 25.8 Å². The molecule has 0 unspecified atom stereocenters. The molecule has 2 aliphatic rings. The minimum Gasteiger partial charge on any atom is -0.366 e. The monoisotopic (exact) mass is 357 g/mol. The summed E-state index contributed by atoms with van der Waals surface area (Å²) in [5.74, 6) is -1.75. The number of carbonyl (C=O) groups excluding carboxylic acids is 2. The van der Waals surface area contributed by atoms with Gasteiger partial charge in [-0.15, -0.1) is 0 Å². The van der Waals surface area contributed by atoms with Crippen LogP contribution in [0.1, 0.15) is 0 Å². The summed E-state index contributed by atoms with van der Waals surface area (Å²) >= 11 is 9.96. The maximum Gasteiger partial charge on any atom is 0.244 e. The van der Waals surface area contributed by atoms with Crippen molar-refractivity contribution in [3.63, 3.8) is 0 Å². The smallest absolute Gasteiger partial charge is 0.244 e. The van der Waals surface area contributed by atoms with Crippen LogP contribution >= 0.6 is 24.4 Å². The van der Waals surface area contributed by atoms with Crippen molar-refractivity contribution in [2.75, 3.05) is 46.3 Å². The van der Waals surface area contributed by atoms with Gasteiger partial charge in [0, 0.05) is 13.3 Å². The standard InChI is InChI=1S/C13H20N6O2S2/c1-14-13(23)19-6-4-18(5-7-19)3-2-15-8-9-10(20)16-12(22)17-11(9)21/h8-9H,2-7H2,1H3,(H,14,23)(H2,16,17,20,21,22)/p+1. The van der Waals surface area contributed by atoms with E-state index in [2.05, 4.69) is 25.8 Å². The third-order valence-corrected chi connectivity index (χ3v) is 4.53. The second-order valence-corrected chi connectivity index (χ2v) is 6.18. The number of hydrogen-bond acceptors (Lipinski definition) is 5. The number of rotatable bonds is 4. The zero-order valence-corrected chi connectivity index (χ0v) is 14.6. The fourth-order valence-electron chi connectivity index (χ4n) is 2.50. The van der Waals surface area contributed by atoms with Crippen LogP contribution in [-0.4, -0.2) is 79.5 Å². The first-order chi connectivity index (χ1) is 11.0. The number of nitrogens with zero attached hydrogens (tertiary/aromatic N) is 2. The van der Waals surface area contributed by atoms with Crippen LogP contribution in [0.5, 0.6) is 0 Å². The summed E-state index contributed by atoms with van der Waals surface area (Å²) in [4.78, 5) is 31.1. The molecule has 2 fully saturated rings. The molecular formula is C13H21N6O2S2+. The van der Waals surface area contributed by atoms with Gasteiger partial charge in [-0.05, 0) is 24.4 Å². The molecule has 0 bridgehead atoms. The van der Waals surface area contributed by atoms with E-state index < -0.39 is 17.7 Å². The normalized spacial score (nSPS) is 20.6. The number of quaternary nitrogens is 1. The maximum atomic E-state index is 11.7. The predicted octanol–water partition coefficient (Wildman–Crippen LogP) is -3.09. The van der Waals surface area contributed by atoms with Crippen LogP contribution in [0.25, 0.3) is 0 Å². The molecule has 0 spiro atoms. The van der Waals surface area contributed by atoms with Crippen molar-refractivity contribution >= 4 is 52.7 Å². The predicted molar refractivity (Wildman–Crippen MR) is 94.5 cm³/mol. The molecule has 0 aromatic rings. The van der Waals surface area contributed by atoms with E-state index in [1.54, 1.807) is 0 Å². The molecule has 2 heterocycles. The van der Waals surface area contributed by atoms with Crippen LogP contribution in [0.4, 0.5) is 0 Å². The lowest BCUT2D eigenvalue weighted by Crippen LogP contribution is -3.15.